The van der Waals surface area contributed by atoms with Gasteiger partial charge in [0.05, 0.1) is 6.61 Å². The van der Waals surface area contributed by atoms with E-state index < -0.39 is 0 Å². The van der Waals surface area contributed by atoms with Gasteiger partial charge in [0.2, 0.25) is 0 Å². The molecule has 0 aliphatic carbocycles. The van der Waals surface area contributed by atoms with Gasteiger partial charge in [-0.1, -0.05) is 13.8 Å². The number of hydrogen-bond acceptors (Lipinski definition) is 3. The van der Waals surface area contributed by atoms with E-state index in [1.54, 1.807) is 0 Å². The third-order valence-electron chi connectivity index (χ3n) is 4.52. The van der Waals surface area contributed by atoms with Gasteiger partial charge < -0.3 is 10.1 Å². The van der Waals surface area contributed by atoms with E-state index in [1.807, 2.05) is 0 Å². The molecule has 0 saturated carbocycles. The van der Waals surface area contributed by atoms with Crippen LogP contribution in [0.25, 0.3) is 0 Å². The maximum absolute atomic E-state index is 5.52. The zero-order chi connectivity index (χ0) is 12.3. The summed E-state index contributed by atoms with van der Waals surface area (Å²) in [5.41, 5.74) is 0. The highest BCUT2D eigenvalue weighted by molar-refractivity contribution is 4.87. The smallest absolute Gasteiger partial charge is 0.0510 e. The van der Waals surface area contributed by atoms with Gasteiger partial charge in [0.25, 0.3) is 0 Å². The molecule has 0 aromatic heterocycles. The average molecular weight is 240 g/mol. The number of nitrogens with zero attached hydrogens (tertiary/aromatic N) is 1. The maximum atomic E-state index is 5.52. The van der Waals surface area contributed by atoms with Gasteiger partial charge in [0.15, 0.2) is 0 Å². The van der Waals surface area contributed by atoms with Crippen LogP contribution in [0.4, 0.5) is 0 Å². The quantitative estimate of drug-likeness (QED) is 0.792. The Morgan fingerprint density at radius 3 is 2.76 bits per heavy atom. The standard InChI is InChI=1S/C14H28N2O/c1-11(2)14-5-4-7-16(14)9-13(15-3)12-6-8-17-10-12/h11-15H,4-10H2,1-3H3. The van der Waals surface area contributed by atoms with Gasteiger partial charge in [-0.3, -0.25) is 4.90 Å². The van der Waals surface area contributed by atoms with E-state index >= 15 is 0 Å². The van der Waals surface area contributed by atoms with Crippen molar-refractivity contribution in [2.75, 3.05) is 33.4 Å². The van der Waals surface area contributed by atoms with Gasteiger partial charge in [-0.05, 0) is 38.8 Å². The van der Waals surface area contributed by atoms with Crippen LogP contribution in [0.5, 0.6) is 0 Å². The average Bonchev–Trinajstić information content (AvgIpc) is 2.96. The summed E-state index contributed by atoms with van der Waals surface area (Å²) in [7, 11) is 2.10. The zero-order valence-corrected chi connectivity index (χ0v) is 11.6. The van der Waals surface area contributed by atoms with E-state index in [4.69, 9.17) is 4.74 Å². The first-order valence-electron chi connectivity index (χ1n) is 7.21. The lowest BCUT2D eigenvalue weighted by Crippen LogP contribution is -2.47. The van der Waals surface area contributed by atoms with Gasteiger partial charge in [0, 0.05) is 31.2 Å². The lowest BCUT2D eigenvalue weighted by Gasteiger charge is -2.33. The van der Waals surface area contributed by atoms with E-state index in [1.165, 1.54) is 32.4 Å². The van der Waals surface area contributed by atoms with Crippen LogP contribution in [-0.4, -0.2) is 50.3 Å². The van der Waals surface area contributed by atoms with Crippen molar-refractivity contribution in [3.63, 3.8) is 0 Å². The molecule has 17 heavy (non-hydrogen) atoms. The second-order valence-electron chi connectivity index (χ2n) is 5.97. The molecule has 2 fully saturated rings. The Bertz CT molecular complexity index is 226. The minimum Gasteiger partial charge on any atom is -0.381 e. The molecule has 0 aromatic rings. The van der Waals surface area contributed by atoms with Crippen LogP contribution in [0.3, 0.4) is 0 Å². The normalized spacial score (nSPS) is 32.5. The van der Waals surface area contributed by atoms with E-state index in [2.05, 4.69) is 31.1 Å². The van der Waals surface area contributed by atoms with Crippen molar-refractivity contribution in [2.24, 2.45) is 11.8 Å². The number of nitrogens with one attached hydrogen (secondary N) is 1. The van der Waals surface area contributed by atoms with Crippen LogP contribution in [0.2, 0.25) is 0 Å². The summed E-state index contributed by atoms with van der Waals surface area (Å²) in [4.78, 5) is 2.70. The molecule has 0 bridgehead atoms. The Morgan fingerprint density at radius 2 is 2.18 bits per heavy atom. The van der Waals surface area contributed by atoms with E-state index in [0.717, 1.165) is 25.2 Å². The maximum Gasteiger partial charge on any atom is 0.0510 e. The number of rotatable bonds is 5. The van der Waals surface area contributed by atoms with Crippen LogP contribution in [0.15, 0.2) is 0 Å². The summed E-state index contributed by atoms with van der Waals surface area (Å²) < 4.78 is 5.52. The fraction of sp³-hybridized carbons (Fsp3) is 1.00. The highest BCUT2D eigenvalue weighted by atomic mass is 16.5. The largest absolute Gasteiger partial charge is 0.381 e. The predicted octanol–water partition coefficient (Wildman–Crippen LogP) is 1.73. The Labute approximate surface area is 106 Å². The van der Waals surface area contributed by atoms with Crippen molar-refractivity contribution in [3.05, 3.63) is 0 Å². The van der Waals surface area contributed by atoms with Crippen molar-refractivity contribution < 1.29 is 4.74 Å². The minimum atomic E-state index is 0.608. The van der Waals surface area contributed by atoms with Crippen molar-refractivity contribution in [3.8, 4) is 0 Å². The van der Waals surface area contributed by atoms with Gasteiger partial charge in [-0.2, -0.15) is 0 Å². The first-order chi connectivity index (χ1) is 8.22. The Kier molecular flexibility index (Phi) is 4.83. The lowest BCUT2D eigenvalue weighted by molar-refractivity contribution is 0.147. The first-order valence-corrected chi connectivity index (χ1v) is 7.21. The Morgan fingerprint density at radius 1 is 1.35 bits per heavy atom. The second-order valence-corrected chi connectivity index (χ2v) is 5.97. The minimum absolute atomic E-state index is 0.608. The molecule has 3 atom stereocenters. The number of ether oxygens (including phenoxy) is 1. The van der Waals surface area contributed by atoms with Crippen molar-refractivity contribution in [1.29, 1.82) is 0 Å². The molecule has 2 heterocycles. The van der Waals surface area contributed by atoms with Crippen LogP contribution < -0.4 is 5.32 Å². The van der Waals surface area contributed by atoms with Crippen LogP contribution in [0.1, 0.15) is 33.1 Å². The fourth-order valence-electron chi connectivity index (χ4n) is 3.43. The van der Waals surface area contributed by atoms with Crippen molar-refractivity contribution in [2.45, 2.75) is 45.2 Å². The molecule has 0 amide bonds. The van der Waals surface area contributed by atoms with E-state index in [0.29, 0.717) is 12.0 Å². The topological polar surface area (TPSA) is 24.5 Å². The summed E-state index contributed by atoms with van der Waals surface area (Å²) in [6, 6.07) is 1.41. The zero-order valence-electron chi connectivity index (χ0n) is 11.6. The summed E-state index contributed by atoms with van der Waals surface area (Å²) in [6.07, 6.45) is 3.99. The predicted molar refractivity (Wildman–Crippen MR) is 71.2 cm³/mol. The second kappa shape index (κ2) is 6.17. The van der Waals surface area contributed by atoms with Crippen molar-refractivity contribution >= 4 is 0 Å². The van der Waals surface area contributed by atoms with Crippen LogP contribution in [-0.2, 0) is 4.74 Å². The Hall–Kier alpha value is -0.120. The first kappa shape index (κ1) is 13.3. The highest BCUT2D eigenvalue weighted by Crippen LogP contribution is 2.26. The molecule has 1 N–H and O–H groups in total. The van der Waals surface area contributed by atoms with Crippen LogP contribution in [0, 0.1) is 11.8 Å². The molecule has 3 unspecified atom stereocenters. The molecule has 2 rings (SSSR count). The number of hydrogen-bond donors (Lipinski definition) is 1. The summed E-state index contributed by atoms with van der Waals surface area (Å²) in [5.74, 6) is 1.50. The number of likely N-dealkylation sites (N-methyl/N-ethyl adjacent to an activating group) is 1. The van der Waals surface area contributed by atoms with E-state index in [-0.39, 0.29) is 0 Å². The lowest BCUT2D eigenvalue weighted by atomic mass is 9.97. The summed E-state index contributed by atoms with van der Waals surface area (Å²) in [5, 5.41) is 3.51. The Balaban J connectivity index is 1.88. The molecule has 0 radical (unpaired) electrons. The molecule has 100 valence electrons. The fourth-order valence-corrected chi connectivity index (χ4v) is 3.43. The summed E-state index contributed by atoms with van der Waals surface area (Å²) in [6.45, 7) is 9.11. The molecule has 3 heteroatoms. The van der Waals surface area contributed by atoms with Gasteiger partial charge in [-0.15, -0.1) is 0 Å². The molecular weight excluding hydrogens is 212 g/mol. The van der Waals surface area contributed by atoms with E-state index in [9.17, 15) is 0 Å². The third-order valence-corrected chi connectivity index (χ3v) is 4.52. The molecule has 0 aromatic carbocycles. The molecular formula is C14H28N2O. The highest BCUT2D eigenvalue weighted by Gasteiger charge is 2.32. The number of likely N-dealkylation sites (tertiary alicyclic amines) is 1. The molecule has 2 aliphatic heterocycles. The van der Waals surface area contributed by atoms with Gasteiger partial charge in [-0.25, -0.2) is 0 Å². The van der Waals surface area contributed by atoms with Crippen molar-refractivity contribution in [1.82, 2.24) is 10.2 Å². The molecule has 2 aliphatic rings. The molecule has 2 saturated heterocycles. The monoisotopic (exact) mass is 240 g/mol. The van der Waals surface area contributed by atoms with Gasteiger partial charge >= 0.3 is 0 Å². The molecule has 3 nitrogen and oxygen atoms in total. The third kappa shape index (κ3) is 3.21. The SMILES string of the molecule is CNC(CN1CCCC1C(C)C)C1CCOC1. The van der Waals surface area contributed by atoms with Crippen LogP contribution >= 0.6 is 0 Å². The molecule has 0 spiro atoms. The van der Waals surface area contributed by atoms with Gasteiger partial charge in [0.1, 0.15) is 0 Å². The summed E-state index contributed by atoms with van der Waals surface area (Å²) >= 11 is 0.